The topological polar surface area (TPSA) is 101 Å². The second-order valence-electron chi connectivity index (χ2n) is 18.3. The molecule has 0 saturated heterocycles. The Bertz CT molecular complexity index is 1270. The average molecular weight is 777 g/mol. The highest BCUT2D eigenvalue weighted by atomic mass is 16.5. The number of Topliss-reactive ketones (excluding diaryl/α,β-unsaturated/α-hetero) is 1. The number of unbranched alkanes of at least 4 members (excludes halogenated alkanes) is 2. The Balaban J connectivity index is 0.000000405. The number of allylic oxidation sites excluding steroid dienone is 2. The Morgan fingerprint density at radius 3 is 1.63 bits per heavy atom. The molecule has 0 spiro atoms. The number of carboxylic acid groups (broad SMARTS) is 1. The summed E-state index contributed by atoms with van der Waals surface area (Å²) in [5.74, 6) is 3.83. The molecule has 59 heavy (non-hydrogen) atoms. The Labute approximate surface area is 375 Å². The normalized spacial score (nSPS) is 28.5. The summed E-state index contributed by atoms with van der Waals surface area (Å²) in [5.41, 5.74) is -0.452. The first kappa shape index (κ1) is 56.1. The van der Waals surface area contributed by atoms with Gasteiger partial charge in [-0.05, 0) is 168 Å². The minimum absolute atomic E-state index is 0. The number of aliphatic hydroxyl groups excluding tert-OH is 1. The van der Waals surface area contributed by atoms with Gasteiger partial charge < -0.3 is 14.9 Å². The van der Waals surface area contributed by atoms with Crippen molar-refractivity contribution in [2.75, 3.05) is 0 Å². The molecule has 296 valence electrons. The van der Waals surface area contributed by atoms with E-state index in [0.717, 1.165) is 62.7 Å². The third kappa shape index (κ3) is 19.6. The fourth-order valence-corrected chi connectivity index (χ4v) is 8.45. The molecule has 0 amide bonds. The molecular weight excluding hydrogens is 713 g/mol. The first-order valence-electron chi connectivity index (χ1n) is 21.1. The van der Waals surface area contributed by atoms with Crippen LogP contribution in [0.25, 0.3) is 0 Å². The van der Waals surface area contributed by atoms with Crippen LogP contribution >= 0.6 is 0 Å². The van der Waals surface area contributed by atoms with Crippen LogP contribution in [0.2, 0.25) is 0 Å². The molecule has 0 aromatic rings. The maximum Gasteiger partial charge on any atom is 0.307 e. The highest BCUT2D eigenvalue weighted by Gasteiger charge is 2.55. The number of hydrogen-bond donors (Lipinski definition) is 2. The van der Waals surface area contributed by atoms with E-state index in [9.17, 15) is 24.6 Å². The summed E-state index contributed by atoms with van der Waals surface area (Å²) in [4.78, 5) is 34.3. The minimum atomic E-state index is -0.923. The number of carbonyl (C=O) groups is 3. The molecule has 0 heterocycles. The van der Waals surface area contributed by atoms with Gasteiger partial charge in [-0.2, -0.15) is 0 Å². The zero-order chi connectivity index (χ0) is 44.1. The summed E-state index contributed by atoms with van der Waals surface area (Å²) < 4.78 is 5.76. The Morgan fingerprint density at radius 1 is 0.814 bits per heavy atom. The molecule has 18 radical (unpaired) electrons. The Kier molecular flexibility index (Phi) is 25.3. The molecule has 0 unspecified atom stereocenters. The molecule has 11 atom stereocenters. The summed E-state index contributed by atoms with van der Waals surface area (Å²) in [7, 11) is 47.3. The number of esters is 1. The lowest BCUT2D eigenvalue weighted by molar-refractivity contribution is -0.160. The van der Waals surface area contributed by atoms with Gasteiger partial charge in [0.1, 0.15) is 11.9 Å². The van der Waals surface area contributed by atoms with E-state index in [1.54, 1.807) is 0 Å². The number of aliphatic hydroxyl groups is 1. The van der Waals surface area contributed by atoms with Crippen LogP contribution in [0.5, 0.6) is 0 Å². The van der Waals surface area contributed by atoms with Crippen molar-refractivity contribution in [3.05, 3.63) is 25.3 Å². The van der Waals surface area contributed by atoms with Crippen LogP contribution in [0.4, 0.5) is 0 Å². The molecule has 6 saturated carbocycles. The monoisotopic (exact) mass is 780 g/mol. The molecule has 0 aliphatic heterocycles. The molecular formula is C37H63B16O6-. The SMILES string of the molecule is C.C=CCCC[C@@H]1C[C@H]2C[C@H]2[C@H]1O.C=CCCC[C@@H]1C[C@H]2C[C@H]2[C@H]1OC(=O)C[C@H](C(=O)O)C(C)(C)C.O=C1CC[C@H]2C[C@@H]12.[B]B([B])B([B])B([B])[BH3-].[B]B([B])B([B])B([B])[B]. The number of carbonyl (C=O) groups excluding carboxylic acids is 2. The van der Waals surface area contributed by atoms with Crippen LogP contribution in [-0.2, 0) is 19.1 Å². The predicted molar refractivity (Wildman–Crippen MR) is 267 cm³/mol. The van der Waals surface area contributed by atoms with Crippen molar-refractivity contribution in [3.8, 4) is 0 Å². The fourth-order valence-electron chi connectivity index (χ4n) is 8.45. The highest BCUT2D eigenvalue weighted by Crippen LogP contribution is 2.57. The van der Waals surface area contributed by atoms with Gasteiger partial charge in [-0.25, -0.2) is 0 Å². The first-order chi connectivity index (χ1) is 27.0. The van der Waals surface area contributed by atoms with Crippen molar-refractivity contribution >= 4 is 133 Å². The van der Waals surface area contributed by atoms with Gasteiger partial charge in [0.25, 0.3) is 0 Å². The van der Waals surface area contributed by atoms with Gasteiger partial charge in [-0.3, -0.25) is 14.4 Å². The first-order valence-corrected chi connectivity index (χ1v) is 21.1. The van der Waals surface area contributed by atoms with Crippen LogP contribution in [-0.4, -0.2) is 156 Å². The van der Waals surface area contributed by atoms with Crippen molar-refractivity contribution in [2.45, 2.75) is 130 Å². The standard InChI is InChI=1S/C19H30O4.C11H18O.C6H8O.CH4.B8H3.B8/c1-5-6-7-8-12-9-13-10-14(13)17(12)23-16(20)11-15(18(21)22)19(2,3)4;1-2-3-4-5-8-6-9-7-10(9)11(8)12;7-6-2-1-4-3-5(4)6;;2*1-6(2)8(5)7(3)4/h5,12-15,17H,1,6-11H2,2-4H3,(H,21,22);2,8-12H,1,3-7H2;4-5H,1-3H2;1H4;1H3;/q;;;;-1;/t12-,13+,14-,15-,17+;8-,9+,10-,11+;4-,5+;;;/m110.../s1. The van der Waals surface area contributed by atoms with Crippen LogP contribution in [0.15, 0.2) is 25.3 Å². The minimum Gasteiger partial charge on any atom is -0.481 e. The van der Waals surface area contributed by atoms with E-state index in [1.165, 1.54) is 38.5 Å². The van der Waals surface area contributed by atoms with Crippen molar-refractivity contribution < 1.29 is 29.3 Å². The van der Waals surface area contributed by atoms with Crippen LogP contribution < -0.4 is 0 Å². The zero-order valence-corrected chi connectivity index (χ0v) is 35.0. The summed E-state index contributed by atoms with van der Waals surface area (Å²) in [5, 5.41) is 19.1. The maximum absolute atomic E-state index is 12.3. The summed E-state index contributed by atoms with van der Waals surface area (Å²) in [6.45, 7) is 13.0. The van der Waals surface area contributed by atoms with Gasteiger partial charge in [0, 0.05) is 70.2 Å². The van der Waals surface area contributed by atoms with Crippen LogP contribution in [0.3, 0.4) is 0 Å². The van der Waals surface area contributed by atoms with Gasteiger partial charge in [-0.15, -0.1) is 19.5 Å². The number of ketones is 1. The number of hydrogen-bond acceptors (Lipinski definition) is 5. The third-order valence-corrected chi connectivity index (χ3v) is 12.6. The summed E-state index contributed by atoms with van der Waals surface area (Å²) >= 11 is 0. The average Bonchev–Trinajstić information content (AvgIpc) is 4.10. The van der Waals surface area contributed by atoms with Crippen molar-refractivity contribution in [2.24, 2.45) is 58.7 Å². The second kappa shape index (κ2) is 26.7. The Hall–Kier alpha value is -0.911. The number of fused-ring (bicyclic) bond motifs is 3. The van der Waals surface area contributed by atoms with Gasteiger partial charge >= 0.3 is 11.9 Å². The molecule has 0 aromatic carbocycles. The maximum atomic E-state index is 12.3. The molecule has 6 aliphatic carbocycles. The van der Waals surface area contributed by atoms with E-state index in [2.05, 4.69) is 13.2 Å². The van der Waals surface area contributed by atoms with Crippen molar-refractivity contribution in [1.29, 1.82) is 0 Å². The zero-order valence-electron chi connectivity index (χ0n) is 35.0. The molecule has 22 heteroatoms. The van der Waals surface area contributed by atoms with Crippen LogP contribution in [0.1, 0.15) is 118 Å². The number of aliphatic carboxylic acids is 1. The van der Waals surface area contributed by atoms with E-state index in [0.29, 0.717) is 35.4 Å². The fraction of sp³-hybridized carbons (Fsp3) is 0.811. The van der Waals surface area contributed by atoms with E-state index in [1.807, 2.05) is 32.9 Å². The second-order valence-corrected chi connectivity index (χ2v) is 18.3. The van der Waals surface area contributed by atoms with Gasteiger partial charge in [0.15, 0.2) is 0 Å². The smallest absolute Gasteiger partial charge is 0.307 e. The number of rotatable bonds is 16. The number of ether oxygens (including phenoxy) is 1. The quantitative estimate of drug-likeness (QED) is 0.106. The van der Waals surface area contributed by atoms with Crippen LogP contribution in [0, 0.1) is 58.7 Å². The molecule has 0 aromatic heterocycles. The van der Waals surface area contributed by atoms with E-state index < -0.39 is 42.8 Å². The lowest BCUT2D eigenvalue weighted by atomic mass is 8.68. The molecule has 6 nitrogen and oxygen atoms in total. The molecule has 6 aliphatic rings. The van der Waals surface area contributed by atoms with Crippen molar-refractivity contribution in [3.63, 3.8) is 0 Å². The Morgan fingerprint density at radius 2 is 1.31 bits per heavy atom. The largest absolute Gasteiger partial charge is 0.481 e. The molecule has 2 N–H and O–H groups in total. The van der Waals surface area contributed by atoms with Gasteiger partial charge in [-0.1, -0.05) is 48.1 Å². The van der Waals surface area contributed by atoms with Gasteiger partial charge in [0.2, 0.25) is 0 Å². The predicted octanol–water partition coefficient (Wildman–Crippen LogP) is 1.13. The van der Waals surface area contributed by atoms with E-state index in [4.69, 9.17) is 74.4 Å². The highest BCUT2D eigenvalue weighted by molar-refractivity contribution is 7.90. The van der Waals surface area contributed by atoms with Crippen molar-refractivity contribution in [1.82, 2.24) is 0 Å². The molecule has 6 fully saturated rings. The van der Waals surface area contributed by atoms with E-state index in [-0.39, 0.29) is 52.5 Å². The number of carboxylic acids is 1. The lowest BCUT2D eigenvalue weighted by Crippen LogP contribution is -2.52. The molecule has 0 bridgehead atoms. The summed E-state index contributed by atoms with van der Waals surface area (Å²) in [6, 6.07) is 0. The van der Waals surface area contributed by atoms with E-state index >= 15 is 0 Å². The third-order valence-electron chi connectivity index (χ3n) is 12.6. The van der Waals surface area contributed by atoms with Gasteiger partial charge in [0.05, 0.1) is 18.4 Å². The lowest BCUT2D eigenvalue weighted by Gasteiger charge is -2.28. The molecule has 6 rings (SSSR count). The summed E-state index contributed by atoms with van der Waals surface area (Å²) in [6.07, 6.45) is 16.5.